The zero-order valence-corrected chi connectivity index (χ0v) is 13.0. The molecule has 1 aromatic rings. The molecule has 1 aromatic carbocycles. The Morgan fingerprint density at radius 2 is 1.64 bits per heavy atom. The van der Waals surface area contributed by atoms with E-state index >= 15 is 0 Å². The summed E-state index contributed by atoms with van der Waals surface area (Å²) in [6.07, 6.45) is -1.12. The van der Waals surface area contributed by atoms with Crippen LogP contribution in [0.1, 0.15) is 10.8 Å². The van der Waals surface area contributed by atoms with E-state index in [1.54, 1.807) is 0 Å². The Morgan fingerprint density at radius 1 is 1.09 bits per heavy atom. The van der Waals surface area contributed by atoms with E-state index in [0.29, 0.717) is 0 Å². The van der Waals surface area contributed by atoms with Crippen LogP contribution < -0.4 is 0 Å². The van der Waals surface area contributed by atoms with Gasteiger partial charge >= 0.3 is 6.03 Å². The number of aliphatic hydroxyl groups is 1. The van der Waals surface area contributed by atoms with Crippen molar-refractivity contribution in [2.45, 2.75) is 11.4 Å². The van der Waals surface area contributed by atoms with Crippen LogP contribution in [0.15, 0.2) is 30.3 Å². The maximum atomic E-state index is 12.8. The number of aliphatic hydroxyl groups excluding tert-OH is 1. The maximum absolute atomic E-state index is 12.8. The number of urea groups is 1. The molecule has 2 heterocycles. The number of carbonyl (C=O) groups is 3. The third kappa shape index (κ3) is 1.75. The lowest BCUT2D eigenvalue weighted by molar-refractivity contribution is -0.163. The second kappa shape index (κ2) is 5.10. The van der Waals surface area contributed by atoms with Gasteiger partial charge in [-0.3, -0.25) is 19.4 Å². The summed E-state index contributed by atoms with van der Waals surface area (Å²) < 4.78 is 0. The molecule has 3 rings (SSSR count). The second-order valence-corrected chi connectivity index (χ2v) is 6.66. The first-order valence-electron chi connectivity index (χ1n) is 6.87. The smallest absolute Gasteiger partial charge is 0.332 e. The van der Waals surface area contributed by atoms with Gasteiger partial charge in [-0.15, -0.1) is 11.8 Å². The van der Waals surface area contributed by atoms with Gasteiger partial charge in [0.25, 0.3) is 0 Å². The van der Waals surface area contributed by atoms with Crippen LogP contribution in [-0.4, -0.2) is 58.7 Å². The quantitative estimate of drug-likeness (QED) is 0.777. The molecule has 22 heavy (non-hydrogen) atoms. The molecular formula is C15H16N2O4S. The molecule has 2 aliphatic heterocycles. The number of imide groups is 2. The van der Waals surface area contributed by atoms with E-state index < -0.39 is 34.6 Å². The molecule has 4 amide bonds. The molecule has 2 fully saturated rings. The van der Waals surface area contributed by atoms with Gasteiger partial charge in [0.2, 0.25) is 11.8 Å². The largest absolute Gasteiger partial charge is 0.391 e. The van der Waals surface area contributed by atoms with E-state index in [4.69, 9.17) is 0 Å². The highest BCUT2D eigenvalue weighted by molar-refractivity contribution is 8.00. The lowest BCUT2D eigenvalue weighted by atomic mass is 9.73. The summed E-state index contributed by atoms with van der Waals surface area (Å²) >= 11 is 1.37. The Hall–Kier alpha value is -1.86. The summed E-state index contributed by atoms with van der Waals surface area (Å²) in [6.45, 7) is 0. The molecule has 0 bridgehead atoms. The summed E-state index contributed by atoms with van der Waals surface area (Å²) in [5.41, 5.74) is -0.842. The van der Waals surface area contributed by atoms with Crippen molar-refractivity contribution in [1.82, 2.24) is 9.80 Å². The maximum Gasteiger partial charge on any atom is 0.332 e. The Balaban J connectivity index is 2.17. The Kier molecular flexibility index (Phi) is 3.49. The number of amides is 4. The van der Waals surface area contributed by atoms with Crippen molar-refractivity contribution in [3.05, 3.63) is 35.9 Å². The van der Waals surface area contributed by atoms with Crippen LogP contribution in [-0.2, 0) is 9.59 Å². The van der Waals surface area contributed by atoms with Crippen LogP contribution >= 0.6 is 11.8 Å². The average Bonchev–Trinajstić information content (AvgIpc) is 2.89. The number of thioether (sulfide) groups is 1. The third-order valence-electron chi connectivity index (χ3n) is 4.35. The molecule has 2 atom stereocenters. The van der Waals surface area contributed by atoms with Gasteiger partial charge in [0.05, 0.1) is 11.4 Å². The zero-order chi connectivity index (χ0) is 16.1. The summed E-state index contributed by atoms with van der Waals surface area (Å²) in [4.78, 5) is 39.4. The summed E-state index contributed by atoms with van der Waals surface area (Å²) in [7, 11) is 2.68. The highest BCUT2D eigenvalue weighted by Gasteiger charge is 2.67. The molecule has 0 saturated carbocycles. The van der Waals surface area contributed by atoms with Gasteiger partial charge in [0, 0.05) is 19.8 Å². The lowest BCUT2D eigenvalue weighted by Crippen LogP contribution is -2.67. The molecule has 2 aliphatic rings. The molecule has 116 valence electrons. The second-order valence-electron chi connectivity index (χ2n) is 5.52. The van der Waals surface area contributed by atoms with Crippen LogP contribution in [0.25, 0.3) is 0 Å². The summed E-state index contributed by atoms with van der Waals surface area (Å²) in [6, 6.07) is 8.48. The van der Waals surface area contributed by atoms with Crippen LogP contribution in [0.4, 0.5) is 4.79 Å². The van der Waals surface area contributed by atoms with Gasteiger partial charge in [0.15, 0.2) is 5.41 Å². The predicted octanol–water partition coefficient (Wildman–Crippen LogP) is 0.872. The molecule has 2 saturated heterocycles. The van der Waals surface area contributed by atoms with E-state index in [0.717, 1.165) is 15.4 Å². The molecule has 0 radical (unpaired) electrons. The first kappa shape index (κ1) is 15.1. The lowest BCUT2D eigenvalue weighted by Gasteiger charge is -2.43. The first-order valence-corrected chi connectivity index (χ1v) is 7.92. The number of hydrogen-bond acceptors (Lipinski definition) is 5. The van der Waals surface area contributed by atoms with Crippen LogP contribution in [0.2, 0.25) is 0 Å². The minimum atomic E-state index is -1.64. The van der Waals surface area contributed by atoms with Crippen LogP contribution in [0.3, 0.4) is 0 Å². The van der Waals surface area contributed by atoms with Gasteiger partial charge in [-0.2, -0.15) is 0 Å². The first-order chi connectivity index (χ1) is 10.4. The fraction of sp³-hybridized carbons (Fsp3) is 0.400. The fourth-order valence-electron chi connectivity index (χ4n) is 3.17. The average molecular weight is 320 g/mol. The van der Waals surface area contributed by atoms with Crippen molar-refractivity contribution >= 4 is 29.6 Å². The Bertz CT molecular complexity index is 624. The third-order valence-corrected chi connectivity index (χ3v) is 5.84. The van der Waals surface area contributed by atoms with Crippen molar-refractivity contribution in [3.8, 4) is 0 Å². The minimum Gasteiger partial charge on any atom is -0.391 e. The number of barbiturate groups is 1. The van der Waals surface area contributed by atoms with E-state index in [1.165, 1.54) is 25.9 Å². The number of nitrogens with zero attached hydrogens (tertiary/aromatic N) is 2. The highest BCUT2D eigenvalue weighted by atomic mass is 32.2. The van der Waals surface area contributed by atoms with E-state index in [2.05, 4.69) is 0 Å². The van der Waals surface area contributed by atoms with E-state index in [-0.39, 0.29) is 5.75 Å². The fourth-order valence-corrected chi connectivity index (χ4v) is 4.78. The minimum absolute atomic E-state index is 0.271. The normalized spacial score (nSPS) is 27.9. The number of benzene rings is 1. The molecule has 7 heteroatoms. The highest BCUT2D eigenvalue weighted by Crippen LogP contribution is 2.56. The molecule has 1 N–H and O–H groups in total. The van der Waals surface area contributed by atoms with E-state index in [9.17, 15) is 19.5 Å². The van der Waals surface area contributed by atoms with Crippen LogP contribution in [0.5, 0.6) is 0 Å². The van der Waals surface area contributed by atoms with Crippen molar-refractivity contribution in [3.63, 3.8) is 0 Å². The molecular weight excluding hydrogens is 304 g/mol. The van der Waals surface area contributed by atoms with Crippen molar-refractivity contribution < 1.29 is 19.5 Å². The Morgan fingerprint density at radius 3 is 2.18 bits per heavy atom. The molecule has 0 aromatic heterocycles. The van der Waals surface area contributed by atoms with Gasteiger partial charge in [-0.1, -0.05) is 30.3 Å². The number of carbonyl (C=O) groups excluding carboxylic acids is 3. The SMILES string of the molecule is CN1C(=O)N(C)C(=O)C2(C1=O)C(O)CSC2c1ccccc1. The van der Waals surface area contributed by atoms with Gasteiger partial charge in [0.1, 0.15) is 0 Å². The molecule has 1 spiro atoms. The standard InChI is InChI=1S/C15H16N2O4S/c1-16-12(19)15(13(20)17(2)14(16)21)10(18)8-22-11(15)9-6-4-3-5-7-9/h3-7,10-11,18H,8H2,1-2H3. The predicted molar refractivity (Wildman–Crippen MR) is 81.0 cm³/mol. The Labute approximate surface area is 132 Å². The monoisotopic (exact) mass is 320 g/mol. The van der Waals surface area contributed by atoms with Crippen molar-refractivity contribution in [2.24, 2.45) is 5.41 Å². The molecule has 6 nitrogen and oxygen atoms in total. The zero-order valence-electron chi connectivity index (χ0n) is 12.2. The van der Waals surface area contributed by atoms with Crippen LogP contribution in [0, 0.1) is 5.41 Å². The van der Waals surface area contributed by atoms with Crippen molar-refractivity contribution in [1.29, 1.82) is 0 Å². The number of hydrogen-bond donors (Lipinski definition) is 1. The summed E-state index contributed by atoms with van der Waals surface area (Å²) in [5.74, 6) is -0.994. The number of rotatable bonds is 1. The molecule has 0 aliphatic carbocycles. The van der Waals surface area contributed by atoms with Gasteiger partial charge in [-0.25, -0.2) is 4.79 Å². The van der Waals surface area contributed by atoms with Gasteiger partial charge < -0.3 is 5.11 Å². The molecule has 2 unspecified atom stereocenters. The van der Waals surface area contributed by atoms with Gasteiger partial charge in [-0.05, 0) is 5.56 Å². The summed E-state index contributed by atoms with van der Waals surface area (Å²) in [5, 5.41) is 9.96. The van der Waals surface area contributed by atoms with Crippen molar-refractivity contribution in [2.75, 3.05) is 19.8 Å². The topological polar surface area (TPSA) is 77.9 Å². The van der Waals surface area contributed by atoms with E-state index in [1.807, 2.05) is 30.3 Å².